The molecule has 14 rings (SSSR count). The highest BCUT2D eigenvalue weighted by molar-refractivity contribution is 7.00. The quantitative estimate of drug-likeness (QED) is 0.111. The Kier molecular flexibility index (Phi) is 11.8. The lowest BCUT2D eigenvalue weighted by atomic mass is 9.33. The normalized spacial score (nSPS) is 21.0. The van der Waals surface area contributed by atoms with Crippen molar-refractivity contribution in [3.63, 3.8) is 0 Å². The van der Waals surface area contributed by atoms with E-state index in [1.54, 1.807) is 15.7 Å². The van der Waals surface area contributed by atoms with E-state index >= 15 is 0 Å². The number of nitrogens with zero attached hydrogens (tertiary/aromatic N) is 3. The Morgan fingerprint density at radius 3 is 1.78 bits per heavy atom. The molecule has 0 N–H and O–H groups in total. The topological polar surface area (TPSA) is 11.4 Å². The molecule has 2 aliphatic heterocycles. The van der Waals surface area contributed by atoms with Crippen LogP contribution in [0.5, 0.6) is 0 Å². The van der Waals surface area contributed by atoms with E-state index in [-0.39, 0.29) is 80.9 Å². The summed E-state index contributed by atoms with van der Waals surface area (Å²) in [6, 6.07) is 42.2. The van der Waals surface area contributed by atoms with E-state index in [2.05, 4.69) is 231 Å². The molecule has 3 aliphatic carbocycles. The van der Waals surface area contributed by atoms with Gasteiger partial charge in [0.1, 0.15) is 0 Å². The van der Waals surface area contributed by atoms with E-state index in [9.17, 15) is 8.22 Å². The number of para-hydroxylation sites is 2. The first-order chi connectivity index (χ1) is 44.5. The van der Waals surface area contributed by atoms with Crippen molar-refractivity contribution in [2.45, 2.75) is 150 Å². The monoisotopic (exact) mass is 1150 g/mol. The first-order valence-electron chi connectivity index (χ1n) is 36.0. The van der Waals surface area contributed by atoms with Gasteiger partial charge >= 0.3 is 0 Å². The van der Waals surface area contributed by atoms with E-state index in [1.165, 1.54) is 51.5 Å². The molecular formula is C81H88BN3Si. The van der Waals surface area contributed by atoms with Gasteiger partial charge in [-0.2, -0.15) is 0 Å². The van der Waals surface area contributed by atoms with Crippen LogP contribution in [0, 0.1) is 23.2 Å². The van der Waals surface area contributed by atoms with Gasteiger partial charge in [0.2, 0.25) is 0 Å². The van der Waals surface area contributed by atoms with Gasteiger partial charge < -0.3 is 14.4 Å². The lowest BCUT2D eigenvalue weighted by Crippen LogP contribution is -2.64. The standard InChI is InChI=1S/C81H88BN3Si/c1-79(2,3)57-45-64(53-29-17-13-18-30-53)77(65(46-57)54-31-19-14-20-32-54)84-72-51-60(83-70-39-27-25-37-62(70)63-38-26-28-40-71(63)83)41-43-68(72)82-69-44-42-61(86(10,11)12)52-73(69)85(75-50-59(81(7,8)9)49-74(84)76(75)82)78-66(55-33-21-15-22-34-55)47-58(80(4,5)6)48-67(78)56-35-23-16-24-36-56/h13-15,17-21,25-32,35,37-47,49-52,55,58,67,78H,16,22-24,33-34,36,48H2,1-12H3/i25D,26D,27D,28D,37D,38D,39D,40D. The summed E-state index contributed by atoms with van der Waals surface area (Å²) in [7, 11) is -1.99. The van der Waals surface area contributed by atoms with Crippen LogP contribution in [-0.4, -0.2) is 25.4 Å². The largest absolute Gasteiger partial charge is 0.334 e. The third-order valence-corrected chi connectivity index (χ3v) is 22.1. The lowest BCUT2D eigenvalue weighted by molar-refractivity contribution is 0.220. The lowest BCUT2D eigenvalue weighted by Gasteiger charge is -2.53. The van der Waals surface area contributed by atoms with Crippen molar-refractivity contribution >= 4 is 86.6 Å². The summed E-state index contributed by atoms with van der Waals surface area (Å²) in [4.78, 5) is 5.46. The van der Waals surface area contributed by atoms with Gasteiger partial charge in [0, 0.05) is 56.3 Å². The van der Waals surface area contributed by atoms with Crippen molar-refractivity contribution < 1.29 is 11.0 Å². The number of allylic oxidation sites excluding steroid dienone is 4. The van der Waals surface area contributed by atoms with Crippen LogP contribution in [0.15, 0.2) is 205 Å². The summed E-state index contributed by atoms with van der Waals surface area (Å²) in [5.41, 5.74) is 18.8. The predicted molar refractivity (Wildman–Crippen MR) is 376 cm³/mol. The molecule has 9 aromatic rings. The summed E-state index contributed by atoms with van der Waals surface area (Å²) in [5.74, 6) is 1.01. The molecule has 4 atom stereocenters. The Morgan fingerprint density at radius 2 is 1.20 bits per heavy atom. The maximum absolute atomic E-state index is 9.74. The van der Waals surface area contributed by atoms with Crippen LogP contribution in [-0.2, 0) is 10.8 Å². The van der Waals surface area contributed by atoms with Gasteiger partial charge in [-0.05, 0) is 178 Å². The number of rotatable bonds is 8. The molecule has 0 bridgehead atoms. The van der Waals surface area contributed by atoms with Crippen LogP contribution in [0.4, 0.5) is 28.4 Å². The van der Waals surface area contributed by atoms with Gasteiger partial charge in [0.05, 0.1) is 41.8 Å². The summed E-state index contributed by atoms with van der Waals surface area (Å²) in [6.07, 6.45) is 19.2. The third kappa shape index (κ3) is 9.70. The highest BCUT2D eigenvalue weighted by atomic mass is 28.3. The number of anilines is 5. The molecule has 1 aromatic heterocycles. The minimum Gasteiger partial charge on any atom is -0.334 e. The fourth-order valence-electron chi connectivity index (χ4n) is 15.2. The second-order valence-electron chi connectivity index (χ2n) is 29.7. The average molecular weight is 1150 g/mol. The molecule has 8 aromatic carbocycles. The van der Waals surface area contributed by atoms with Gasteiger partial charge in [-0.15, -0.1) is 0 Å². The van der Waals surface area contributed by atoms with Crippen molar-refractivity contribution in [2.75, 3.05) is 9.80 Å². The van der Waals surface area contributed by atoms with Crippen LogP contribution in [0.25, 0.3) is 49.7 Å². The number of benzene rings is 8. The molecule has 5 aliphatic rings. The Bertz CT molecular complexity index is 4550. The Labute approximate surface area is 526 Å². The molecule has 0 spiro atoms. The molecule has 0 fully saturated rings. The first kappa shape index (κ1) is 47.8. The highest BCUT2D eigenvalue weighted by Crippen LogP contribution is 2.55. The molecule has 0 radical (unpaired) electrons. The Balaban J connectivity index is 1.18. The van der Waals surface area contributed by atoms with Crippen LogP contribution >= 0.6 is 0 Å². The summed E-state index contributed by atoms with van der Waals surface area (Å²) < 4.78 is 76.5. The third-order valence-electron chi connectivity index (χ3n) is 20.0. The van der Waals surface area contributed by atoms with Gasteiger partial charge in [0.25, 0.3) is 6.71 Å². The summed E-state index contributed by atoms with van der Waals surface area (Å²) in [6.45, 7) is 28.4. The number of hydrogen-bond acceptors (Lipinski definition) is 2. The molecule has 5 heteroatoms. The van der Waals surface area contributed by atoms with Crippen molar-refractivity contribution in [3.05, 3.63) is 216 Å². The fraction of sp³-hybridized carbons (Fsp3) is 0.333. The second kappa shape index (κ2) is 21.2. The van der Waals surface area contributed by atoms with E-state index in [1.807, 2.05) is 6.07 Å². The molecule has 0 amide bonds. The Hall–Kier alpha value is -7.34. The van der Waals surface area contributed by atoms with Crippen LogP contribution in [0.2, 0.25) is 19.6 Å². The number of aromatic nitrogens is 1. The van der Waals surface area contributed by atoms with E-state index in [0.717, 1.165) is 83.3 Å². The van der Waals surface area contributed by atoms with E-state index in [0.29, 0.717) is 17.5 Å². The Morgan fingerprint density at radius 1 is 0.593 bits per heavy atom. The van der Waals surface area contributed by atoms with E-state index < -0.39 is 32.2 Å². The maximum Gasteiger partial charge on any atom is 0.252 e. The molecule has 4 unspecified atom stereocenters. The molecule has 434 valence electrons. The average Bonchev–Trinajstić information content (AvgIpc) is 0.871. The first-order valence-corrected chi connectivity index (χ1v) is 35.5. The molecule has 0 saturated heterocycles. The second-order valence-corrected chi connectivity index (χ2v) is 34.8. The van der Waals surface area contributed by atoms with Crippen LogP contribution < -0.4 is 31.4 Å². The number of hydrogen-bond donors (Lipinski definition) is 0. The van der Waals surface area contributed by atoms with Crippen molar-refractivity contribution in [1.82, 2.24) is 4.57 Å². The summed E-state index contributed by atoms with van der Waals surface area (Å²) >= 11 is 0. The van der Waals surface area contributed by atoms with Crippen molar-refractivity contribution in [2.24, 2.45) is 23.2 Å². The van der Waals surface area contributed by atoms with Gasteiger partial charge in [-0.1, -0.05) is 232 Å². The van der Waals surface area contributed by atoms with E-state index in [4.69, 9.17) is 2.74 Å². The maximum atomic E-state index is 9.74. The zero-order valence-corrected chi connectivity index (χ0v) is 53.7. The predicted octanol–water partition coefficient (Wildman–Crippen LogP) is 19.8. The SMILES string of the molecule is [2H]c1c([2H])c([2H])c2c(c1[2H])c1c([2H])c([2H])c([2H])c([2H])c1n2-c1ccc2c(c1)N(c1c(-c3ccccc3)cc(C(C)(C)C)cc1-c1ccccc1)c1cc(C(C)(C)C)cc3c1B2c1ccc([Si](C)(C)C)cc1N3C1C(C2CC=CCC2)=CC(C(C)(C)C)CC1C1=CCCCC1. The number of fused-ring (bicyclic) bond motifs is 7. The van der Waals surface area contributed by atoms with Crippen LogP contribution in [0.1, 0.15) is 136 Å². The minimum absolute atomic E-state index is 0.0213. The molecular weight excluding hydrogens is 1050 g/mol. The van der Waals surface area contributed by atoms with Crippen molar-refractivity contribution in [1.29, 1.82) is 0 Å². The van der Waals surface area contributed by atoms with Crippen molar-refractivity contribution in [3.8, 4) is 27.9 Å². The molecule has 3 nitrogen and oxygen atoms in total. The smallest absolute Gasteiger partial charge is 0.252 e. The zero-order valence-electron chi connectivity index (χ0n) is 60.7. The van der Waals surface area contributed by atoms with Gasteiger partial charge in [-0.3, -0.25) is 0 Å². The highest BCUT2D eigenvalue weighted by Gasteiger charge is 2.51. The van der Waals surface area contributed by atoms with Crippen LogP contribution in [0.3, 0.4) is 0 Å². The van der Waals surface area contributed by atoms with Gasteiger partial charge in [-0.25, -0.2) is 0 Å². The van der Waals surface area contributed by atoms with Gasteiger partial charge in [0.15, 0.2) is 0 Å². The zero-order chi connectivity index (χ0) is 66.6. The molecule has 3 heterocycles. The molecule has 86 heavy (non-hydrogen) atoms. The summed E-state index contributed by atoms with van der Waals surface area (Å²) in [5, 5.41) is 1.51. The minimum atomic E-state index is -1.99. The molecule has 0 saturated carbocycles. The fourth-order valence-corrected chi connectivity index (χ4v) is 16.4.